The van der Waals surface area contributed by atoms with Crippen molar-refractivity contribution in [1.29, 1.82) is 0 Å². The van der Waals surface area contributed by atoms with Crippen molar-refractivity contribution < 1.29 is 61.9 Å². The van der Waals surface area contributed by atoms with Crippen molar-refractivity contribution in [2.75, 3.05) is 0 Å². The summed E-state index contributed by atoms with van der Waals surface area (Å²) in [5.41, 5.74) is -7.27. The Morgan fingerprint density at radius 2 is 0.652 bits per heavy atom. The summed E-state index contributed by atoms with van der Waals surface area (Å²) in [7, 11) is 0. The fraction of sp³-hybridized carbons (Fsp3) is 0.875. The zero-order valence-corrected chi connectivity index (χ0v) is 10.5. The van der Waals surface area contributed by atoms with Gasteiger partial charge < -0.3 is 0 Å². The molecule has 136 valence electrons. The number of hydrogen-bond donors (Lipinski definition) is 0. The molecule has 1 saturated carbocycles. The van der Waals surface area contributed by atoms with Crippen molar-refractivity contribution in [2.45, 2.75) is 41.2 Å². The zero-order valence-electron chi connectivity index (χ0n) is 9.70. The van der Waals surface area contributed by atoms with E-state index in [4.69, 9.17) is 0 Å². The largest absolute Gasteiger partial charge is 0.384 e. The number of carbonyl (C=O) groups is 1. The minimum Gasteiger partial charge on any atom is -0.277 e. The first-order valence-corrected chi connectivity index (χ1v) is 5.23. The summed E-state index contributed by atoms with van der Waals surface area (Å²) in [4.78, 5) is 10.4. The lowest BCUT2D eigenvalue weighted by molar-refractivity contribution is -0.397. The average molecular weight is 395 g/mol. The van der Waals surface area contributed by atoms with E-state index in [0.29, 0.717) is 0 Å². The molecular formula is C8ClF13O. The van der Waals surface area contributed by atoms with Crippen LogP contribution in [0.1, 0.15) is 0 Å². The molecule has 0 heterocycles. The molecule has 0 aliphatic heterocycles. The van der Waals surface area contributed by atoms with Crippen LogP contribution in [0.2, 0.25) is 0 Å². The molecule has 0 amide bonds. The van der Waals surface area contributed by atoms with Gasteiger partial charge in [-0.3, -0.25) is 4.79 Å². The quantitative estimate of drug-likeness (QED) is 0.368. The van der Waals surface area contributed by atoms with Gasteiger partial charge in [0.2, 0.25) is 0 Å². The molecule has 1 rings (SSSR count). The van der Waals surface area contributed by atoms with Gasteiger partial charge in [-0.05, 0) is 11.6 Å². The van der Waals surface area contributed by atoms with Gasteiger partial charge in [-0.1, -0.05) is 0 Å². The van der Waals surface area contributed by atoms with Crippen LogP contribution in [0.4, 0.5) is 57.1 Å². The molecule has 15 heteroatoms. The molecule has 1 aliphatic carbocycles. The van der Waals surface area contributed by atoms with Crippen molar-refractivity contribution in [3.8, 4) is 0 Å². The normalized spacial score (nSPS) is 31.9. The minimum absolute atomic E-state index is 3.85. The number of hydrogen-bond acceptors (Lipinski definition) is 1. The first-order chi connectivity index (χ1) is 9.69. The molecule has 1 aliphatic rings. The predicted octanol–water partition coefficient (Wildman–Crippen LogP) is 4.29. The maximum Gasteiger partial charge on any atom is 0.384 e. The van der Waals surface area contributed by atoms with Crippen LogP contribution in [0.5, 0.6) is 0 Å². The standard InChI is InChI=1S/C8ClF13O/c9-1(23)2(10)3(11,12)5(15,16)7(19,20)8(21,22)6(17,18)4(2,13)14. The maximum absolute atomic E-state index is 13.6. The maximum atomic E-state index is 13.6. The summed E-state index contributed by atoms with van der Waals surface area (Å²) < 4.78 is 169. The highest BCUT2D eigenvalue weighted by Gasteiger charge is 3.02. The smallest absolute Gasteiger partial charge is 0.277 e. The Labute approximate surface area is 121 Å². The van der Waals surface area contributed by atoms with E-state index in [-0.39, 0.29) is 0 Å². The molecule has 1 fully saturated rings. The van der Waals surface area contributed by atoms with Gasteiger partial charge >= 0.3 is 41.2 Å². The fourth-order valence-corrected chi connectivity index (χ4v) is 1.90. The van der Waals surface area contributed by atoms with Gasteiger partial charge in [0.05, 0.1) is 0 Å². The topological polar surface area (TPSA) is 17.1 Å². The highest BCUT2D eigenvalue weighted by atomic mass is 35.5. The molecule has 0 aromatic carbocycles. The summed E-state index contributed by atoms with van der Waals surface area (Å²) in [6.45, 7) is 0. The van der Waals surface area contributed by atoms with E-state index in [1.807, 2.05) is 0 Å². The van der Waals surface area contributed by atoms with Crippen LogP contribution in [0.3, 0.4) is 0 Å². The van der Waals surface area contributed by atoms with E-state index in [9.17, 15) is 61.9 Å². The van der Waals surface area contributed by atoms with Crippen LogP contribution < -0.4 is 0 Å². The lowest BCUT2D eigenvalue weighted by atomic mass is 9.87. The molecule has 0 bridgehead atoms. The summed E-state index contributed by atoms with van der Waals surface area (Å²) in [5.74, 6) is -46.9. The molecule has 0 saturated heterocycles. The predicted molar refractivity (Wildman–Crippen MR) is 44.4 cm³/mol. The number of carbonyl (C=O) groups excluding carboxylic acids is 1. The lowest BCUT2D eigenvalue weighted by Crippen LogP contribution is -2.71. The number of halogens is 14. The monoisotopic (exact) mass is 394 g/mol. The third-order valence-corrected chi connectivity index (χ3v) is 3.37. The highest BCUT2D eigenvalue weighted by molar-refractivity contribution is 6.65. The van der Waals surface area contributed by atoms with Gasteiger partial charge in [-0.2, -0.15) is 52.7 Å². The fourth-order valence-electron chi connectivity index (χ4n) is 1.67. The molecule has 0 unspecified atom stereocenters. The third kappa shape index (κ3) is 1.65. The Hall–Kier alpha value is -0.950. The lowest BCUT2D eigenvalue weighted by Gasteiger charge is -2.38. The van der Waals surface area contributed by atoms with E-state index in [1.54, 1.807) is 0 Å². The van der Waals surface area contributed by atoms with Crippen molar-refractivity contribution in [3.63, 3.8) is 0 Å². The summed E-state index contributed by atoms with van der Waals surface area (Å²) >= 11 is 3.85. The second-order valence-corrected chi connectivity index (χ2v) is 4.72. The Morgan fingerprint density at radius 1 is 0.478 bits per heavy atom. The molecule has 0 atom stereocenters. The van der Waals surface area contributed by atoms with Crippen molar-refractivity contribution in [2.24, 2.45) is 0 Å². The first-order valence-electron chi connectivity index (χ1n) is 4.85. The van der Waals surface area contributed by atoms with Crippen molar-refractivity contribution in [1.82, 2.24) is 0 Å². The minimum atomic E-state index is -7.88. The molecular weight excluding hydrogens is 395 g/mol. The molecule has 23 heavy (non-hydrogen) atoms. The van der Waals surface area contributed by atoms with Crippen LogP contribution in [0.15, 0.2) is 0 Å². The summed E-state index contributed by atoms with van der Waals surface area (Å²) in [6, 6.07) is 0. The second kappa shape index (κ2) is 4.36. The van der Waals surface area contributed by atoms with E-state index < -0.39 is 46.4 Å². The molecule has 0 N–H and O–H groups in total. The number of rotatable bonds is 1. The van der Waals surface area contributed by atoms with E-state index in [1.165, 1.54) is 0 Å². The molecule has 0 spiro atoms. The molecule has 0 aromatic rings. The zero-order chi connectivity index (χ0) is 19.1. The summed E-state index contributed by atoms with van der Waals surface area (Å²) in [6.07, 6.45) is 0. The van der Waals surface area contributed by atoms with Gasteiger partial charge in [-0.15, -0.1) is 0 Å². The van der Waals surface area contributed by atoms with Crippen LogP contribution in [-0.4, -0.2) is 46.4 Å². The van der Waals surface area contributed by atoms with E-state index in [0.717, 1.165) is 0 Å². The van der Waals surface area contributed by atoms with Gasteiger partial charge in [0.15, 0.2) is 0 Å². The van der Waals surface area contributed by atoms with Gasteiger partial charge in [0.1, 0.15) is 0 Å². The molecule has 0 radical (unpaired) electrons. The van der Waals surface area contributed by atoms with Crippen molar-refractivity contribution in [3.05, 3.63) is 0 Å². The van der Waals surface area contributed by atoms with Crippen molar-refractivity contribution >= 4 is 16.8 Å². The van der Waals surface area contributed by atoms with Gasteiger partial charge in [-0.25, -0.2) is 4.39 Å². The van der Waals surface area contributed by atoms with Gasteiger partial charge in [0, 0.05) is 0 Å². The SMILES string of the molecule is O=C(Cl)C1(F)C(F)(F)C(F)(F)C(F)(F)C(F)(F)C(F)(F)C1(F)F. The second-order valence-electron chi connectivity index (χ2n) is 4.38. The molecule has 1 nitrogen and oxygen atoms in total. The highest BCUT2D eigenvalue weighted by Crippen LogP contribution is 2.69. The summed E-state index contributed by atoms with van der Waals surface area (Å²) in [5, 5.41) is -4.00. The Morgan fingerprint density at radius 3 is 0.826 bits per heavy atom. The van der Waals surface area contributed by atoms with Crippen LogP contribution in [0.25, 0.3) is 0 Å². The van der Waals surface area contributed by atoms with E-state index in [2.05, 4.69) is 11.6 Å². The van der Waals surface area contributed by atoms with Gasteiger partial charge in [0.25, 0.3) is 5.24 Å². The number of alkyl halides is 13. The van der Waals surface area contributed by atoms with Crippen LogP contribution >= 0.6 is 11.6 Å². The van der Waals surface area contributed by atoms with Crippen LogP contribution in [-0.2, 0) is 4.79 Å². The van der Waals surface area contributed by atoms with Crippen LogP contribution in [0, 0.1) is 0 Å². The first kappa shape index (κ1) is 20.1. The Bertz CT molecular complexity index is 500. The third-order valence-electron chi connectivity index (χ3n) is 3.11. The Kier molecular flexibility index (Phi) is 3.81. The average Bonchev–Trinajstić information content (AvgIpc) is 2.35. The molecule has 0 aromatic heterocycles. The Balaban J connectivity index is 4.14. The van der Waals surface area contributed by atoms with E-state index >= 15 is 0 Å².